The van der Waals surface area contributed by atoms with Gasteiger partial charge in [-0.25, -0.2) is 0 Å². The fourth-order valence-corrected chi connectivity index (χ4v) is 1.80. The minimum Gasteiger partial charge on any atom is -0.290 e. The highest BCUT2D eigenvalue weighted by atomic mass is 79.9. The number of ketones is 1. The molecule has 0 radical (unpaired) electrons. The summed E-state index contributed by atoms with van der Waals surface area (Å²) in [5, 5.41) is 0.250. The molecule has 0 aliphatic carbocycles. The van der Waals surface area contributed by atoms with Crippen LogP contribution in [0.15, 0.2) is 23.3 Å². The molecule has 86 valence electrons. The van der Waals surface area contributed by atoms with Gasteiger partial charge in [-0.2, -0.15) is 0 Å². The van der Waals surface area contributed by atoms with E-state index in [2.05, 4.69) is 22.5 Å². The molecule has 0 N–H and O–H groups in total. The van der Waals surface area contributed by atoms with Crippen LogP contribution in [0.1, 0.15) is 13.8 Å². The Morgan fingerprint density at radius 1 is 1.67 bits per heavy atom. The third kappa shape index (κ3) is 4.48. The molecule has 0 fully saturated rings. The molecule has 0 spiro atoms. The van der Waals surface area contributed by atoms with Crippen LogP contribution < -0.4 is 0 Å². The third-order valence-electron chi connectivity index (χ3n) is 1.87. The normalized spacial score (nSPS) is 18.1. The van der Waals surface area contributed by atoms with E-state index in [-0.39, 0.29) is 15.6 Å². The van der Waals surface area contributed by atoms with Crippen LogP contribution in [0.5, 0.6) is 0 Å². The Kier molecular flexibility index (Phi) is 6.50. The molecule has 2 unspecified atom stereocenters. The van der Waals surface area contributed by atoms with Crippen LogP contribution in [0, 0.1) is 0 Å². The summed E-state index contributed by atoms with van der Waals surface area (Å²) in [6.07, 6.45) is 1.28. The Morgan fingerprint density at radius 2 is 2.13 bits per heavy atom. The van der Waals surface area contributed by atoms with Gasteiger partial charge in [-0.3, -0.25) is 4.79 Å². The van der Waals surface area contributed by atoms with E-state index in [4.69, 9.17) is 34.8 Å². The zero-order valence-electron chi connectivity index (χ0n) is 8.49. The van der Waals surface area contributed by atoms with Crippen molar-refractivity contribution in [2.75, 3.05) is 5.88 Å². The number of carbonyl (C=O) groups excluding carboxylic acids is 1. The largest absolute Gasteiger partial charge is 0.290 e. The lowest BCUT2D eigenvalue weighted by atomic mass is 10.1. The molecule has 0 amide bonds. The lowest BCUT2D eigenvalue weighted by Crippen LogP contribution is -2.31. The van der Waals surface area contributed by atoms with Crippen molar-refractivity contribution in [3.63, 3.8) is 0 Å². The van der Waals surface area contributed by atoms with E-state index < -0.39 is 4.87 Å². The number of halogens is 4. The third-order valence-corrected chi connectivity index (χ3v) is 5.12. The van der Waals surface area contributed by atoms with E-state index in [0.29, 0.717) is 11.5 Å². The number of hydrogen-bond donors (Lipinski definition) is 0. The van der Waals surface area contributed by atoms with Gasteiger partial charge in [-0.05, 0) is 19.4 Å². The maximum absolute atomic E-state index is 11.3. The van der Waals surface area contributed by atoms with Crippen LogP contribution in [0.3, 0.4) is 0 Å². The Hall–Kier alpha value is 0.500. The van der Waals surface area contributed by atoms with Crippen molar-refractivity contribution in [2.45, 2.75) is 23.5 Å². The maximum atomic E-state index is 11.3. The summed E-state index contributed by atoms with van der Waals surface area (Å²) in [5.41, 5.74) is 0.414. The van der Waals surface area contributed by atoms with Crippen LogP contribution in [-0.2, 0) is 4.79 Å². The number of allylic oxidation sites excluding steroid dienone is 3. The minimum atomic E-state index is -0.894. The van der Waals surface area contributed by atoms with Gasteiger partial charge in [-0.1, -0.05) is 34.1 Å². The number of carbonyl (C=O) groups is 1. The molecule has 5 heteroatoms. The van der Waals surface area contributed by atoms with E-state index >= 15 is 0 Å². The van der Waals surface area contributed by atoms with Crippen molar-refractivity contribution in [3.05, 3.63) is 23.3 Å². The molecule has 0 saturated heterocycles. The molecular weight excluding hydrogens is 322 g/mol. The molecule has 0 rings (SSSR count). The van der Waals surface area contributed by atoms with E-state index in [9.17, 15) is 4.79 Å². The lowest BCUT2D eigenvalue weighted by molar-refractivity contribution is -0.111. The summed E-state index contributed by atoms with van der Waals surface area (Å²) in [4.78, 5) is 10.2. The molecule has 2 atom stereocenters. The van der Waals surface area contributed by atoms with E-state index in [0.717, 1.165) is 0 Å². The Bertz CT molecular complexity index is 297. The van der Waals surface area contributed by atoms with Crippen molar-refractivity contribution in [2.24, 2.45) is 0 Å². The first-order valence-electron chi connectivity index (χ1n) is 4.20. The second kappa shape index (κ2) is 6.29. The first-order valence-corrected chi connectivity index (χ1v) is 6.40. The van der Waals surface area contributed by atoms with Crippen LogP contribution in [0.4, 0.5) is 0 Å². The molecule has 0 aromatic rings. The van der Waals surface area contributed by atoms with Gasteiger partial charge in [0.1, 0.15) is 0 Å². The number of rotatable bonds is 5. The highest BCUT2D eigenvalue weighted by Gasteiger charge is 2.33. The monoisotopic (exact) mass is 332 g/mol. The molecule has 1 nitrogen and oxygen atoms in total. The predicted octanol–water partition coefficient (Wildman–Crippen LogP) is 4.25. The minimum absolute atomic E-state index is 0.213. The highest BCUT2D eigenvalue weighted by Crippen LogP contribution is 2.36. The summed E-state index contributed by atoms with van der Waals surface area (Å²) < 4.78 is 0. The molecular formula is C10H12BrCl3O. The molecule has 0 saturated carbocycles. The average Bonchev–Trinajstić information content (AvgIpc) is 2.15. The van der Waals surface area contributed by atoms with Crippen molar-refractivity contribution in [3.8, 4) is 0 Å². The first kappa shape index (κ1) is 15.5. The summed E-state index contributed by atoms with van der Waals surface area (Å²) in [6, 6.07) is 0. The van der Waals surface area contributed by atoms with Crippen LogP contribution in [0.25, 0.3) is 0 Å². The van der Waals surface area contributed by atoms with E-state index in [1.54, 1.807) is 13.8 Å². The van der Waals surface area contributed by atoms with Gasteiger partial charge in [0.05, 0.1) is 9.70 Å². The summed E-state index contributed by atoms with van der Waals surface area (Å²) in [7, 11) is 0. The Labute approximate surface area is 114 Å². The molecule has 0 aromatic heterocycles. The number of hydrogen-bond acceptors (Lipinski definition) is 1. The average molecular weight is 334 g/mol. The van der Waals surface area contributed by atoms with Crippen molar-refractivity contribution in [1.29, 1.82) is 0 Å². The summed E-state index contributed by atoms with van der Waals surface area (Å²) in [6.45, 7) is 6.83. The van der Waals surface area contributed by atoms with Gasteiger partial charge in [0, 0.05) is 17.0 Å². The molecule has 0 aliphatic rings. The second-order valence-electron chi connectivity index (χ2n) is 3.33. The van der Waals surface area contributed by atoms with Crippen LogP contribution in [0.2, 0.25) is 0 Å². The molecule has 0 aromatic carbocycles. The smallest absolute Gasteiger partial charge is 0.182 e. The predicted molar refractivity (Wildman–Crippen MR) is 71.5 cm³/mol. The van der Waals surface area contributed by atoms with Gasteiger partial charge in [0.15, 0.2) is 5.78 Å². The fourth-order valence-electron chi connectivity index (χ4n) is 0.674. The van der Waals surface area contributed by atoms with Gasteiger partial charge in [0.2, 0.25) is 0 Å². The highest BCUT2D eigenvalue weighted by molar-refractivity contribution is 9.09. The zero-order valence-corrected chi connectivity index (χ0v) is 12.3. The standard InChI is InChI=1S/C10H12BrCl3O/c1-6(2)7(15)4-9(13)10(3,14)8(11)5-12/h4,8H,1,5H2,2-3H3. The van der Waals surface area contributed by atoms with Crippen LogP contribution >= 0.6 is 50.7 Å². The van der Waals surface area contributed by atoms with Gasteiger partial charge >= 0.3 is 0 Å². The summed E-state index contributed by atoms with van der Waals surface area (Å²) in [5.74, 6) is 0.0619. The van der Waals surface area contributed by atoms with E-state index in [1.807, 2.05) is 0 Å². The van der Waals surface area contributed by atoms with Gasteiger partial charge in [-0.15, -0.1) is 23.2 Å². The maximum Gasteiger partial charge on any atom is 0.182 e. The molecule has 0 aliphatic heterocycles. The molecule has 0 heterocycles. The van der Waals surface area contributed by atoms with E-state index in [1.165, 1.54) is 6.08 Å². The van der Waals surface area contributed by atoms with Crippen LogP contribution in [-0.4, -0.2) is 21.4 Å². The van der Waals surface area contributed by atoms with Crippen molar-refractivity contribution in [1.82, 2.24) is 0 Å². The Morgan fingerprint density at radius 3 is 2.47 bits per heavy atom. The Balaban J connectivity index is 4.91. The molecule has 15 heavy (non-hydrogen) atoms. The lowest BCUT2D eigenvalue weighted by Gasteiger charge is -2.25. The van der Waals surface area contributed by atoms with Gasteiger partial charge in [0.25, 0.3) is 0 Å². The quantitative estimate of drug-likeness (QED) is 0.542. The second-order valence-corrected chi connectivity index (χ2v) is 5.94. The number of alkyl halides is 3. The zero-order chi connectivity index (χ0) is 12.2. The van der Waals surface area contributed by atoms with Crippen molar-refractivity contribution >= 4 is 56.5 Å². The fraction of sp³-hybridized carbons (Fsp3) is 0.500. The summed E-state index contributed by atoms with van der Waals surface area (Å²) >= 11 is 21.1. The van der Waals surface area contributed by atoms with Crippen molar-refractivity contribution < 1.29 is 4.79 Å². The SMILES string of the molecule is C=C(C)C(=O)C=C(Cl)C(C)(Cl)C(Br)CCl. The first-order chi connectivity index (χ1) is 6.73. The topological polar surface area (TPSA) is 17.1 Å². The molecule has 0 bridgehead atoms. The van der Waals surface area contributed by atoms with Gasteiger partial charge < -0.3 is 0 Å².